The molecule has 4 aromatic rings. The van der Waals surface area contributed by atoms with Gasteiger partial charge in [-0.1, -0.05) is 60.7 Å². The molecule has 3 amide bonds. The van der Waals surface area contributed by atoms with Gasteiger partial charge in [-0.05, 0) is 53.6 Å². The normalized spacial score (nSPS) is 15.3. The summed E-state index contributed by atoms with van der Waals surface area (Å²) in [5, 5.41) is 2.98. The van der Waals surface area contributed by atoms with Crippen LogP contribution in [0.5, 0.6) is 0 Å². The fraction of sp³-hybridized carbons (Fsp3) is 0.270. The summed E-state index contributed by atoms with van der Waals surface area (Å²) in [6, 6.07) is 32.2. The number of carbonyl (C=O) groups excluding carboxylic acids is 3. The van der Waals surface area contributed by atoms with Gasteiger partial charge in [-0.2, -0.15) is 0 Å². The summed E-state index contributed by atoms with van der Waals surface area (Å²) in [5.41, 5.74) is 5.28. The lowest BCUT2D eigenvalue weighted by atomic mass is 9.99. The van der Waals surface area contributed by atoms with Crippen molar-refractivity contribution in [2.45, 2.75) is 0 Å². The molecule has 0 radical (unpaired) electrons. The van der Waals surface area contributed by atoms with Gasteiger partial charge < -0.3 is 24.8 Å². The van der Waals surface area contributed by atoms with Crippen LogP contribution in [-0.4, -0.2) is 93.6 Å². The van der Waals surface area contributed by atoms with Crippen molar-refractivity contribution in [2.75, 3.05) is 81.2 Å². The van der Waals surface area contributed by atoms with Gasteiger partial charge in [-0.25, -0.2) is 0 Å². The van der Waals surface area contributed by atoms with Crippen LogP contribution in [0.15, 0.2) is 103 Å². The van der Waals surface area contributed by atoms with E-state index in [9.17, 15) is 14.4 Å². The maximum absolute atomic E-state index is 13.6. The van der Waals surface area contributed by atoms with Crippen molar-refractivity contribution in [1.29, 1.82) is 0 Å². The second kappa shape index (κ2) is 14.4. The number of hydrogen-bond acceptors (Lipinski definition) is 6. The molecule has 0 saturated carbocycles. The minimum atomic E-state index is -0.215. The number of hydrogen-bond donors (Lipinski definition) is 1. The van der Waals surface area contributed by atoms with Gasteiger partial charge in [0.2, 0.25) is 5.91 Å². The Morgan fingerprint density at radius 1 is 0.739 bits per heavy atom. The Labute approximate surface area is 270 Å². The molecule has 4 aromatic carbocycles. The molecule has 236 valence electrons. The molecule has 9 heteroatoms. The zero-order chi connectivity index (χ0) is 31.9. The van der Waals surface area contributed by atoms with Crippen molar-refractivity contribution in [3.8, 4) is 11.1 Å². The molecule has 2 aliphatic heterocycles. The van der Waals surface area contributed by atoms with E-state index in [1.807, 2.05) is 83.8 Å². The molecule has 0 aliphatic carbocycles. The van der Waals surface area contributed by atoms with Crippen LogP contribution in [0, 0.1) is 0 Å². The first-order valence-corrected chi connectivity index (χ1v) is 15.7. The highest BCUT2D eigenvalue weighted by Gasteiger charge is 2.26. The largest absolute Gasteiger partial charge is 0.379 e. The summed E-state index contributed by atoms with van der Waals surface area (Å²) in [7, 11) is 1.78. The molecule has 0 spiro atoms. The first-order valence-electron chi connectivity index (χ1n) is 15.7. The number of para-hydroxylation sites is 2. The summed E-state index contributed by atoms with van der Waals surface area (Å²) in [6.45, 7) is 6.02. The van der Waals surface area contributed by atoms with Crippen molar-refractivity contribution in [2.24, 2.45) is 0 Å². The average Bonchev–Trinajstić information content (AvgIpc) is 3.12. The molecular weight excluding hydrogens is 578 g/mol. The van der Waals surface area contributed by atoms with Crippen LogP contribution >= 0.6 is 0 Å². The molecule has 46 heavy (non-hydrogen) atoms. The lowest BCUT2D eigenvalue weighted by Gasteiger charge is -2.38. The van der Waals surface area contributed by atoms with Crippen LogP contribution in [0.2, 0.25) is 0 Å². The minimum Gasteiger partial charge on any atom is -0.379 e. The Kier molecular flexibility index (Phi) is 9.71. The second-order valence-electron chi connectivity index (χ2n) is 11.6. The van der Waals surface area contributed by atoms with Gasteiger partial charge in [-0.3, -0.25) is 19.3 Å². The smallest absolute Gasteiger partial charge is 0.258 e. The van der Waals surface area contributed by atoms with Crippen molar-refractivity contribution < 1.29 is 19.1 Å². The van der Waals surface area contributed by atoms with E-state index in [-0.39, 0.29) is 17.7 Å². The van der Waals surface area contributed by atoms with Crippen LogP contribution in [0.1, 0.15) is 20.7 Å². The molecule has 2 aliphatic rings. The van der Waals surface area contributed by atoms with Crippen LogP contribution in [-0.2, 0) is 9.53 Å². The minimum absolute atomic E-state index is 0.154. The quantitative estimate of drug-likeness (QED) is 0.304. The fourth-order valence-corrected chi connectivity index (χ4v) is 6.01. The standard InChI is InChI=1S/C37H39N5O4/c1-39(33-13-7-8-14-34(33)41-19-21-42(22-20-41)35(43)27-40-23-25-46-26-24-40)37(45)29-15-17-30(18-16-29)38-36(44)32-12-6-5-11-31(32)28-9-3-2-4-10-28/h2-18H,19-27H2,1H3,(H,38,44). The number of rotatable bonds is 8. The third kappa shape index (κ3) is 7.11. The average molecular weight is 618 g/mol. The van der Waals surface area contributed by atoms with E-state index < -0.39 is 0 Å². The molecule has 0 unspecified atom stereocenters. The highest BCUT2D eigenvalue weighted by Crippen LogP contribution is 2.31. The topological polar surface area (TPSA) is 85.4 Å². The Bertz CT molecular complexity index is 1660. The van der Waals surface area contributed by atoms with E-state index >= 15 is 0 Å². The van der Waals surface area contributed by atoms with Gasteiger partial charge in [0.1, 0.15) is 0 Å². The number of ether oxygens (including phenoxy) is 1. The third-order valence-corrected chi connectivity index (χ3v) is 8.63. The summed E-state index contributed by atoms with van der Waals surface area (Å²) in [5.74, 6) is -0.214. The number of amides is 3. The summed E-state index contributed by atoms with van der Waals surface area (Å²) >= 11 is 0. The molecule has 2 heterocycles. The van der Waals surface area contributed by atoms with Crippen LogP contribution in [0.4, 0.5) is 17.1 Å². The molecule has 0 atom stereocenters. The van der Waals surface area contributed by atoms with Crippen molar-refractivity contribution in [3.05, 3.63) is 114 Å². The Morgan fingerprint density at radius 2 is 1.39 bits per heavy atom. The number of nitrogens with zero attached hydrogens (tertiary/aromatic N) is 4. The number of morpholine rings is 1. The first kappa shape index (κ1) is 31.0. The van der Waals surface area contributed by atoms with E-state index in [1.54, 1.807) is 36.2 Å². The number of anilines is 3. The lowest BCUT2D eigenvalue weighted by Crippen LogP contribution is -2.52. The van der Waals surface area contributed by atoms with E-state index in [1.165, 1.54) is 0 Å². The molecule has 9 nitrogen and oxygen atoms in total. The molecule has 0 aromatic heterocycles. The third-order valence-electron chi connectivity index (χ3n) is 8.63. The zero-order valence-corrected chi connectivity index (χ0v) is 26.1. The van der Waals surface area contributed by atoms with Gasteiger partial charge in [0.05, 0.1) is 31.1 Å². The SMILES string of the molecule is CN(C(=O)c1ccc(NC(=O)c2ccccc2-c2ccccc2)cc1)c1ccccc1N1CCN(C(=O)CN2CCOCC2)CC1. The summed E-state index contributed by atoms with van der Waals surface area (Å²) in [4.78, 5) is 47.8. The van der Waals surface area contributed by atoms with Gasteiger partial charge in [0.25, 0.3) is 11.8 Å². The van der Waals surface area contributed by atoms with E-state index in [0.717, 1.165) is 35.6 Å². The molecule has 1 N–H and O–H groups in total. The predicted molar refractivity (Wildman–Crippen MR) is 182 cm³/mol. The highest BCUT2D eigenvalue weighted by molar-refractivity contribution is 6.10. The van der Waals surface area contributed by atoms with E-state index in [4.69, 9.17) is 4.74 Å². The fourth-order valence-electron chi connectivity index (χ4n) is 6.01. The van der Waals surface area contributed by atoms with Gasteiger partial charge in [0, 0.05) is 63.1 Å². The van der Waals surface area contributed by atoms with E-state index in [2.05, 4.69) is 15.1 Å². The van der Waals surface area contributed by atoms with Gasteiger partial charge in [-0.15, -0.1) is 0 Å². The maximum atomic E-state index is 13.6. The Morgan fingerprint density at radius 3 is 2.13 bits per heavy atom. The van der Waals surface area contributed by atoms with Crippen LogP contribution in [0.3, 0.4) is 0 Å². The van der Waals surface area contributed by atoms with Crippen LogP contribution in [0.25, 0.3) is 11.1 Å². The van der Waals surface area contributed by atoms with Gasteiger partial charge >= 0.3 is 0 Å². The Balaban J connectivity index is 1.08. The number of piperazine rings is 1. The van der Waals surface area contributed by atoms with Crippen molar-refractivity contribution in [3.63, 3.8) is 0 Å². The number of carbonyl (C=O) groups is 3. The van der Waals surface area contributed by atoms with Crippen molar-refractivity contribution in [1.82, 2.24) is 9.80 Å². The molecule has 2 saturated heterocycles. The van der Waals surface area contributed by atoms with E-state index in [0.29, 0.717) is 62.8 Å². The molecule has 2 fully saturated rings. The van der Waals surface area contributed by atoms with Crippen LogP contribution < -0.4 is 15.1 Å². The first-order chi connectivity index (χ1) is 22.5. The molecular formula is C37H39N5O4. The van der Waals surface area contributed by atoms with Gasteiger partial charge in [0.15, 0.2) is 0 Å². The predicted octanol–water partition coefficient (Wildman–Crippen LogP) is 4.86. The Hall–Kier alpha value is -4.99. The molecule has 6 rings (SSSR count). The molecule has 0 bridgehead atoms. The summed E-state index contributed by atoms with van der Waals surface area (Å²) < 4.78 is 5.40. The monoisotopic (exact) mass is 617 g/mol. The number of benzene rings is 4. The lowest BCUT2D eigenvalue weighted by molar-refractivity contribution is -0.133. The zero-order valence-electron chi connectivity index (χ0n) is 26.1. The second-order valence-corrected chi connectivity index (χ2v) is 11.6. The summed E-state index contributed by atoms with van der Waals surface area (Å²) in [6.07, 6.45) is 0. The van der Waals surface area contributed by atoms with Crippen molar-refractivity contribution >= 4 is 34.8 Å². The number of nitrogens with one attached hydrogen (secondary N) is 1. The highest BCUT2D eigenvalue weighted by atomic mass is 16.5. The maximum Gasteiger partial charge on any atom is 0.258 e.